The third-order valence-electron chi connectivity index (χ3n) is 7.65. The first kappa shape index (κ1) is 22.7. The van der Waals surface area contributed by atoms with Crippen LogP contribution in [0.1, 0.15) is 55.2 Å². The van der Waals surface area contributed by atoms with Crippen molar-refractivity contribution in [1.29, 1.82) is 0 Å². The number of para-hydroxylation sites is 1. The van der Waals surface area contributed by atoms with Crippen LogP contribution in [0.15, 0.2) is 54.2 Å². The number of piperazine rings is 1. The van der Waals surface area contributed by atoms with Crippen molar-refractivity contribution in [2.45, 2.75) is 58.4 Å². The molecule has 2 heterocycles. The number of carbonyl (C=O) groups is 2. The maximum Gasteiger partial charge on any atom is 0.278 e. The SMILES string of the molecule is Cc1ccc(C2=C(N3CCN(c4ccccc4)CC3)C(=O)N(C3CCCCCC3)C2=O)c(C)c1. The van der Waals surface area contributed by atoms with Gasteiger partial charge in [0.1, 0.15) is 5.70 Å². The van der Waals surface area contributed by atoms with Crippen LogP contribution in [0.2, 0.25) is 0 Å². The molecule has 0 radical (unpaired) electrons. The van der Waals surface area contributed by atoms with Gasteiger partial charge in [0.05, 0.1) is 5.57 Å². The van der Waals surface area contributed by atoms with Crippen molar-refractivity contribution in [2.24, 2.45) is 0 Å². The lowest BCUT2D eigenvalue weighted by Crippen LogP contribution is -2.48. The molecule has 0 N–H and O–H groups in total. The van der Waals surface area contributed by atoms with Gasteiger partial charge < -0.3 is 9.80 Å². The van der Waals surface area contributed by atoms with Gasteiger partial charge in [0.2, 0.25) is 0 Å². The van der Waals surface area contributed by atoms with Crippen molar-refractivity contribution in [3.05, 3.63) is 70.9 Å². The van der Waals surface area contributed by atoms with E-state index in [-0.39, 0.29) is 17.9 Å². The minimum Gasteiger partial charge on any atom is -0.368 e. The number of imide groups is 1. The van der Waals surface area contributed by atoms with Crippen LogP contribution in [0, 0.1) is 13.8 Å². The largest absolute Gasteiger partial charge is 0.368 e. The molecular weight excluding hydrogens is 422 g/mol. The molecule has 5 nitrogen and oxygen atoms in total. The molecule has 0 spiro atoms. The fraction of sp³-hybridized carbons (Fsp3) is 0.448. The number of anilines is 1. The van der Waals surface area contributed by atoms with Gasteiger partial charge in [-0.2, -0.15) is 0 Å². The first-order valence-electron chi connectivity index (χ1n) is 12.8. The van der Waals surface area contributed by atoms with Gasteiger partial charge in [0.25, 0.3) is 11.8 Å². The summed E-state index contributed by atoms with van der Waals surface area (Å²) < 4.78 is 0. The van der Waals surface area contributed by atoms with Gasteiger partial charge >= 0.3 is 0 Å². The van der Waals surface area contributed by atoms with Gasteiger partial charge in [0.15, 0.2) is 0 Å². The second-order valence-corrected chi connectivity index (χ2v) is 9.98. The van der Waals surface area contributed by atoms with Gasteiger partial charge in [0, 0.05) is 37.9 Å². The second kappa shape index (κ2) is 9.65. The molecule has 1 aliphatic carbocycles. The Kier molecular flexibility index (Phi) is 6.44. The van der Waals surface area contributed by atoms with Crippen LogP contribution >= 0.6 is 0 Å². The number of amides is 2. The average Bonchev–Trinajstić information content (AvgIpc) is 3.01. The summed E-state index contributed by atoms with van der Waals surface area (Å²) in [6.45, 7) is 7.24. The molecule has 34 heavy (non-hydrogen) atoms. The normalized spacial score (nSPS) is 20.4. The third kappa shape index (κ3) is 4.24. The van der Waals surface area contributed by atoms with Crippen LogP contribution in [0.5, 0.6) is 0 Å². The number of benzene rings is 2. The summed E-state index contributed by atoms with van der Waals surface area (Å²) in [6, 6.07) is 16.6. The van der Waals surface area contributed by atoms with E-state index in [4.69, 9.17) is 0 Å². The Morgan fingerprint density at radius 1 is 0.735 bits per heavy atom. The fourth-order valence-corrected chi connectivity index (χ4v) is 5.84. The number of carbonyl (C=O) groups excluding carboxylic acids is 2. The van der Waals surface area contributed by atoms with Crippen LogP contribution in [0.4, 0.5) is 5.69 Å². The highest BCUT2D eigenvalue weighted by atomic mass is 16.2. The van der Waals surface area contributed by atoms with Crippen molar-refractivity contribution in [3.63, 3.8) is 0 Å². The van der Waals surface area contributed by atoms with Crippen LogP contribution in [-0.4, -0.2) is 53.8 Å². The quantitative estimate of drug-likeness (QED) is 0.482. The molecular formula is C29H35N3O2. The molecule has 2 aromatic carbocycles. The summed E-state index contributed by atoms with van der Waals surface area (Å²) >= 11 is 0. The van der Waals surface area contributed by atoms with E-state index in [1.807, 2.05) is 25.1 Å². The molecule has 0 unspecified atom stereocenters. The fourth-order valence-electron chi connectivity index (χ4n) is 5.84. The lowest BCUT2D eigenvalue weighted by molar-refractivity contribution is -0.140. The smallest absolute Gasteiger partial charge is 0.278 e. The monoisotopic (exact) mass is 457 g/mol. The number of hydrogen-bond donors (Lipinski definition) is 0. The minimum atomic E-state index is -0.0932. The molecule has 0 bridgehead atoms. The van der Waals surface area contributed by atoms with Gasteiger partial charge in [-0.15, -0.1) is 0 Å². The Labute approximate surface area is 203 Å². The number of hydrogen-bond acceptors (Lipinski definition) is 4. The Morgan fingerprint density at radius 2 is 1.38 bits per heavy atom. The molecule has 2 fully saturated rings. The molecule has 2 aliphatic heterocycles. The van der Waals surface area contributed by atoms with E-state index < -0.39 is 0 Å². The molecule has 5 heteroatoms. The minimum absolute atomic E-state index is 0.0198. The molecule has 2 amide bonds. The summed E-state index contributed by atoms with van der Waals surface area (Å²) in [5, 5.41) is 0. The zero-order valence-corrected chi connectivity index (χ0v) is 20.4. The maximum absolute atomic E-state index is 13.9. The van der Waals surface area contributed by atoms with E-state index in [1.54, 1.807) is 4.90 Å². The van der Waals surface area contributed by atoms with Crippen LogP contribution in [0.25, 0.3) is 5.57 Å². The van der Waals surface area contributed by atoms with E-state index in [0.717, 1.165) is 68.6 Å². The molecule has 0 aromatic heterocycles. The summed E-state index contributed by atoms with van der Waals surface area (Å²) in [5.74, 6) is -0.177. The van der Waals surface area contributed by atoms with Crippen molar-refractivity contribution >= 4 is 23.1 Å². The molecule has 178 valence electrons. The topological polar surface area (TPSA) is 43.9 Å². The lowest BCUT2D eigenvalue weighted by Gasteiger charge is -2.38. The highest BCUT2D eigenvalue weighted by Crippen LogP contribution is 2.37. The van der Waals surface area contributed by atoms with Crippen molar-refractivity contribution in [2.75, 3.05) is 31.1 Å². The van der Waals surface area contributed by atoms with E-state index in [1.165, 1.54) is 18.5 Å². The molecule has 1 saturated heterocycles. The molecule has 0 atom stereocenters. The molecule has 5 rings (SSSR count). The predicted octanol–water partition coefficient (Wildman–Crippen LogP) is 4.93. The van der Waals surface area contributed by atoms with Gasteiger partial charge in [-0.05, 0) is 49.9 Å². The van der Waals surface area contributed by atoms with Crippen molar-refractivity contribution in [1.82, 2.24) is 9.80 Å². The van der Waals surface area contributed by atoms with E-state index in [0.29, 0.717) is 11.3 Å². The van der Waals surface area contributed by atoms with Crippen LogP contribution in [-0.2, 0) is 9.59 Å². The highest BCUT2D eigenvalue weighted by Gasteiger charge is 2.45. The van der Waals surface area contributed by atoms with Crippen molar-refractivity contribution in [3.8, 4) is 0 Å². The van der Waals surface area contributed by atoms with Crippen LogP contribution < -0.4 is 4.90 Å². The Bertz CT molecular complexity index is 1090. The summed E-state index contributed by atoms with van der Waals surface area (Å²) in [6.07, 6.45) is 6.41. The highest BCUT2D eigenvalue weighted by molar-refractivity contribution is 6.36. The van der Waals surface area contributed by atoms with Gasteiger partial charge in [-0.1, -0.05) is 67.6 Å². The summed E-state index contributed by atoms with van der Waals surface area (Å²) in [4.78, 5) is 34.0. The number of nitrogens with zero attached hydrogens (tertiary/aromatic N) is 3. The maximum atomic E-state index is 13.9. The Hall–Kier alpha value is -3.08. The predicted molar refractivity (Wildman–Crippen MR) is 136 cm³/mol. The molecule has 2 aromatic rings. The third-order valence-corrected chi connectivity index (χ3v) is 7.65. The first-order valence-corrected chi connectivity index (χ1v) is 12.8. The van der Waals surface area contributed by atoms with E-state index >= 15 is 0 Å². The standard InChI is InChI=1S/C29H35N3O2/c1-21-14-15-25(22(2)20-21)26-27(29(34)32(28(26)33)24-12-6-3-4-7-13-24)31-18-16-30(17-19-31)23-10-8-5-9-11-23/h5,8-11,14-15,20,24H,3-4,6-7,12-13,16-19H2,1-2H3. The first-order chi connectivity index (χ1) is 16.5. The van der Waals surface area contributed by atoms with Crippen molar-refractivity contribution < 1.29 is 9.59 Å². The second-order valence-electron chi connectivity index (χ2n) is 9.98. The average molecular weight is 458 g/mol. The molecule has 1 saturated carbocycles. The number of rotatable bonds is 4. The van der Waals surface area contributed by atoms with E-state index in [2.05, 4.69) is 47.1 Å². The molecule has 3 aliphatic rings. The summed E-state index contributed by atoms with van der Waals surface area (Å²) in [5.41, 5.74) is 5.56. The van der Waals surface area contributed by atoms with Crippen LogP contribution in [0.3, 0.4) is 0 Å². The van der Waals surface area contributed by atoms with Gasteiger partial charge in [-0.3, -0.25) is 14.5 Å². The zero-order chi connectivity index (χ0) is 23.7. The van der Waals surface area contributed by atoms with Gasteiger partial charge in [-0.25, -0.2) is 0 Å². The number of aryl methyl sites for hydroxylation is 2. The van der Waals surface area contributed by atoms with E-state index in [9.17, 15) is 9.59 Å². The lowest BCUT2D eigenvalue weighted by atomic mass is 9.97. The Morgan fingerprint density at radius 3 is 2.03 bits per heavy atom. The summed E-state index contributed by atoms with van der Waals surface area (Å²) in [7, 11) is 0. The zero-order valence-electron chi connectivity index (χ0n) is 20.4. The Balaban J connectivity index is 1.48.